The van der Waals surface area contributed by atoms with E-state index in [1.165, 1.54) is 0 Å². The van der Waals surface area contributed by atoms with E-state index in [4.69, 9.17) is 21.1 Å². The quantitative estimate of drug-likeness (QED) is 0.645. The zero-order valence-corrected chi connectivity index (χ0v) is 15.4. The smallest absolute Gasteiger partial charge is 0.270 e. The summed E-state index contributed by atoms with van der Waals surface area (Å²) in [5, 5.41) is 3.46. The third-order valence-corrected chi connectivity index (χ3v) is 4.16. The van der Waals surface area contributed by atoms with E-state index >= 15 is 0 Å². The van der Waals surface area contributed by atoms with Gasteiger partial charge in [0.25, 0.3) is 5.91 Å². The van der Waals surface area contributed by atoms with Crippen LogP contribution < -0.4 is 14.8 Å². The summed E-state index contributed by atoms with van der Waals surface area (Å²) in [5.74, 6) is 1.30. The maximum Gasteiger partial charge on any atom is 0.270 e. The van der Waals surface area contributed by atoms with Crippen LogP contribution in [0.4, 0.5) is 0 Å². The fourth-order valence-corrected chi connectivity index (χ4v) is 2.80. The van der Waals surface area contributed by atoms with Crippen LogP contribution in [0.3, 0.4) is 0 Å². The van der Waals surface area contributed by atoms with Crippen LogP contribution in [0.15, 0.2) is 42.6 Å². The van der Waals surface area contributed by atoms with Gasteiger partial charge in [0, 0.05) is 17.3 Å². The minimum Gasteiger partial charge on any atom is -0.497 e. The van der Waals surface area contributed by atoms with Gasteiger partial charge in [0.05, 0.1) is 19.3 Å². The molecular formula is C19H20ClN3O3. The van der Waals surface area contributed by atoms with Crippen molar-refractivity contribution in [1.29, 1.82) is 0 Å². The maximum absolute atomic E-state index is 12.6. The fraction of sp³-hybridized carbons (Fsp3) is 0.263. The SMILES string of the molecule is CCc1nc2cc(Cl)ccn2c1C(=O)NCCOc1ccc(OC)cc1. The zero-order chi connectivity index (χ0) is 18.5. The summed E-state index contributed by atoms with van der Waals surface area (Å²) >= 11 is 6.00. The molecule has 26 heavy (non-hydrogen) atoms. The van der Waals surface area contributed by atoms with E-state index in [2.05, 4.69) is 10.3 Å². The van der Waals surface area contributed by atoms with Crippen molar-refractivity contribution in [2.75, 3.05) is 20.3 Å². The molecule has 0 unspecified atom stereocenters. The average Bonchev–Trinajstić information content (AvgIpc) is 3.03. The molecule has 7 heteroatoms. The Morgan fingerprint density at radius 2 is 1.96 bits per heavy atom. The molecule has 1 N–H and O–H groups in total. The van der Waals surface area contributed by atoms with E-state index in [1.807, 2.05) is 31.2 Å². The van der Waals surface area contributed by atoms with Crippen LogP contribution in [-0.2, 0) is 6.42 Å². The first kappa shape index (κ1) is 18.1. The number of carbonyl (C=O) groups excluding carboxylic acids is 1. The minimum absolute atomic E-state index is 0.185. The number of halogens is 1. The van der Waals surface area contributed by atoms with E-state index in [1.54, 1.807) is 29.8 Å². The van der Waals surface area contributed by atoms with Gasteiger partial charge in [-0.25, -0.2) is 4.98 Å². The second kappa shape index (κ2) is 8.10. The molecule has 0 bridgehead atoms. The van der Waals surface area contributed by atoms with Gasteiger partial charge in [0.1, 0.15) is 29.4 Å². The molecule has 0 saturated heterocycles. The average molecular weight is 374 g/mol. The lowest BCUT2D eigenvalue weighted by molar-refractivity contribution is 0.0940. The molecule has 2 heterocycles. The number of aromatic nitrogens is 2. The van der Waals surface area contributed by atoms with Crippen molar-refractivity contribution in [3.8, 4) is 11.5 Å². The van der Waals surface area contributed by atoms with Gasteiger partial charge in [-0.1, -0.05) is 18.5 Å². The molecule has 1 amide bonds. The molecule has 3 rings (SSSR count). The lowest BCUT2D eigenvalue weighted by atomic mass is 10.2. The summed E-state index contributed by atoms with van der Waals surface area (Å²) in [6, 6.07) is 10.8. The molecule has 6 nitrogen and oxygen atoms in total. The van der Waals surface area contributed by atoms with Gasteiger partial charge in [0.15, 0.2) is 0 Å². The molecule has 0 spiro atoms. The van der Waals surface area contributed by atoms with Crippen LogP contribution in [-0.4, -0.2) is 35.6 Å². The first-order valence-electron chi connectivity index (χ1n) is 8.34. The number of fused-ring (bicyclic) bond motifs is 1. The van der Waals surface area contributed by atoms with Gasteiger partial charge in [-0.3, -0.25) is 9.20 Å². The Balaban J connectivity index is 1.62. The number of carbonyl (C=O) groups is 1. The van der Waals surface area contributed by atoms with Crippen LogP contribution in [0.25, 0.3) is 5.65 Å². The maximum atomic E-state index is 12.6. The Kier molecular flexibility index (Phi) is 5.63. The first-order valence-corrected chi connectivity index (χ1v) is 8.71. The molecule has 0 radical (unpaired) electrons. The van der Waals surface area contributed by atoms with E-state index in [0.717, 1.165) is 17.2 Å². The molecule has 136 valence electrons. The standard InChI is InChI=1S/C19H20ClN3O3/c1-3-16-18(23-10-8-13(20)12-17(23)22-16)19(24)21-9-11-26-15-6-4-14(25-2)5-7-15/h4-8,10,12H,3,9,11H2,1-2H3,(H,21,24). The Labute approximate surface area is 156 Å². The Morgan fingerprint density at radius 1 is 1.23 bits per heavy atom. The fourth-order valence-electron chi connectivity index (χ4n) is 2.64. The van der Waals surface area contributed by atoms with E-state index in [9.17, 15) is 4.79 Å². The Morgan fingerprint density at radius 3 is 2.65 bits per heavy atom. The lowest BCUT2D eigenvalue weighted by Crippen LogP contribution is -2.29. The zero-order valence-electron chi connectivity index (χ0n) is 14.7. The number of rotatable bonds is 7. The van der Waals surface area contributed by atoms with E-state index in [0.29, 0.717) is 35.9 Å². The molecule has 0 aliphatic rings. The summed E-state index contributed by atoms with van der Waals surface area (Å²) < 4.78 is 12.5. The van der Waals surface area contributed by atoms with Gasteiger partial charge in [0.2, 0.25) is 0 Å². The van der Waals surface area contributed by atoms with Gasteiger partial charge in [-0.05, 0) is 36.8 Å². The minimum atomic E-state index is -0.185. The normalized spacial score (nSPS) is 10.7. The van der Waals surface area contributed by atoms with Crippen molar-refractivity contribution < 1.29 is 14.3 Å². The van der Waals surface area contributed by atoms with Crippen molar-refractivity contribution in [1.82, 2.24) is 14.7 Å². The number of amides is 1. The highest BCUT2D eigenvalue weighted by atomic mass is 35.5. The number of nitrogens with one attached hydrogen (secondary N) is 1. The summed E-state index contributed by atoms with van der Waals surface area (Å²) in [6.07, 6.45) is 2.41. The summed E-state index contributed by atoms with van der Waals surface area (Å²) in [6.45, 7) is 2.71. The van der Waals surface area contributed by atoms with E-state index in [-0.39, 0.29) is 5.91 Å². The molecule has 3 aromatic rings. The van der Waals surface area contributed by atoms with Crippen molar-refractivity contribution >= 4 is 23.2 Å². The number of imidazole rings is 1. The van der Waals surface area contributed by atoms with Crippen molar-refractivity contribution in [2.45, 2.75) is 13.3 Å². The number of ether oxygens (including phenoxy) is 2. The summed E-state index contributed by atoms with van der Waals surface area (Å²) in [4.78, 5) is 17.1. The van der Waals surface area contributed by atoms with Gasteiger partial charge >= 0.3 is 0 Å². The number of methoxy groups -OCH3 is 1. The molecule has 0 saturated carbocycles. The second-order valence-electron chi connectivity index (χ2n) is 5.61. The van der Waals surface area contributed by atoms with Crippen LogP contribution >= 0.6 is 11.6 Å². The van der Waals surface area contributed by atoms with Crippen molar-refractivity contribution in [2.24, 2.45) is 0 Å². The monoisotopic (exact) mass is 373 g/mol. The lowest BCUT2D eigenvalue weighted by Gasteiger charge is -2.09. The predicted molar refractivity (Wildman–Crippen MR) is 100 cm³/mol. The van der Waals surface area contributed by atoms with Crippen LogP contribution in [0.1, 0.15) is 23.1 Å². The number of nitrogens with zero attached hydrogens (tertiary/aromatic N) is 2. The molecule has 1 aromatic carbocycles. The molecule has 0 aliphatic carbocycles. The third-order valence-electron chi connectivity index (χ3n) is 3.93. The molecule has 0 atom stereocenters. The number of hydrogen-bond donors (Lipinski definition) is 1. The second-order valence-corrected chi connectivity index (χ2v) is 6.05. The molecule has 2 aromatic heterocycles. The van der Waals surface area contributed by atoms with Crippen LogP contribution in [0, 0.1) is 0 Å². The number of aryl methyl sites for hydroxylation is 1. The Hall–Kier alpha value is -2.73. The van der Waals surface area contributed by atoms with Crippen LogP contribution in [0.2, 0.25) is 5.02 Å². The number of benzene rings is 1. The Bertz CT molecular complexity index is 906. The molecular weight excluding hydrogens is 354 g/mol. The highest BCUT2D eigenvalue weighted by Gasteiger charge is 2.18. The number of hydrogen-bond acceptors (Lipinski definition) is 4. The predicted octanol–water partition coefficient (Wildman–Crippen LogP) is 3.37. The molecule has 0 fully saturated rings. The summed E-state index contributed by atoms with van der Waals surface area (Å²) in [5.41, 5.74) is 1.93. The third kappa shape index (κ3) is 3.91. The largest absolute Gasteiger partial charge is 0.497 e. The van der Waals surface area contributed by atoms with Crippen LogP contribution in [0.5, 0.6) is 11.5 Å². The van der Waals surface area contributed by atoms with E-state index < -0.39 is 0 Å². The first-order chi connectivity index (χ1) is 12.6. The highest BCUT2D eigenvalue weighted by Crippen LogP contribution is 2.18. The topological polar surface area (TPSA) is 64.9 Å². The van der Waals surface area contributed by atoms with Gasteiger partial charge in [-0.2, -0.15) is 0 Å². The summed E-state index contributed by atoms with van der Waals surface area (Å²) in [7, 11) is 1.62. The van der Waals surface area contributed by atoms with Crippen molar-refractivity contribution in [3.63, 3.8) is 0 Å². The van der Waals surface area contributed by atoms with Gasteiger partial charge < -0.3 is 14.8 Å². The molecule has 0 aliphatic heterocycles. The number of pyridine rings is 1. The highest BCUT2D eigenvalue weighted by molar-refractivity contribution is 6.30. The van der Waals surface area contributed by atoms with Crippen molar-refractivity contribution in [3.05, 3.63) is 59.0 Å². The van der Waals surface area contributed by atoms with Gasteiger partial charge in [-0.15, -0.1) is 0 Å².